The molecule has 1 fully saturated rings. The number of nitrogens with zero attached hydrogens (tertiary/aromatic N) is 1. The lowest BCUT2D eigenvalue weighted by molar-refractivity contribution is 0.0850. The van der Waals surface area contributed by atoms with E-state index in [0.717, 1.165) is 43.7 Å². The molecule has 4 nitrogen and oxygen atoms in total. The van der Waals surface area contributed by atoms with Crippen LogP contribution in [0.4, 0.5) is 5.82 Å². The maximum absolute atomic E-state index is 12.4. The van der Waals surface area contributed by atoms with Crippen molar-refractivity contribution in [3.05, 3.63) is 23.4 Å². The van der Waals surface area contributed by atoms with Gasteiger partial charge >= 0.3 is 0 Å². The predicted octanol–water partition coefficient (Wildman–Crippen LogP) is 3.14. The summed E-state index contributed by atoms with van der Waals surface area (Å²) in [5, 5.41) is 6.41. The Morgan fingerprint density at radius 2 is 2.10 bits per heavy atom. The normalized spacial score (nSPS) is 16.4. The van der Waals surface area contributed by atoms with Crippen LogP contribution in [-0.2, 0) is 6.42 Å². The van der Waals surface area contributed by atoms with Crippen molar-refractivity contribution in [2.45, 2.75) is 58.4 Å². The summed E-state index contributed by atoms with van der Waals surface area (Å²) < 4.78 is 0. The van der Waals surface area contributed by atoms with Gasteiger partial charge in [0.05, 0.1) is 0 Å². The van der Waals surface area contributed by atoms with Gasteiger partial charge in [-0.3, -0.25) is 4.79 Å². The summed E-state index contributed by atoms with van der Waals surface area (Å²) in [6.45, 7) is 7.16. The van der Waals surface area contributed by atoms with Crippen LogP contribution in [0.1, 0.15) is 62.5 Å². The van der Waals surface area contributed by atoms with Gasteiger partial charge < -0.3 is 10.6 Å². The second-order valence-corrected chi connectivity index (χ2v) is 5.88. The van der Waals surface area contributed by atoms with E-state index in [9.17, 15) is 4.79 Å². The van der Waals surface area contributed by atoms with Crippen LogP contribution in [0.25, 0.3) is 0 Å². The standard InChI is InChI=1S/C16H25N3O/c1-4-9-17-14-11-12(10-13(5-2)18-14)15(20)19-16(3)7-6-8-16/h10-11H,4-9H2,1-3H3,(H,17,18)(H,19,20). The highest BCUT2D eigenvalue weighted by atomic mass is 16.1. The van der Waals surface area contributed by atoms with Gasteiger partial charge in [-0.15, -0.1) is 0 Å². The quantitative estimate of drug-likeness (QED) is 0.838. The summed E-state index contributed by atoms with van der Waals surface area (Å²) in [4.78, 5) is 16.9. The molecule has 1 saturated carbocycles. The SMILES string of the molecule is CCCNc1cc(C(=O)NC2(C)CCC2)cc(CC)n1. The second kappa shape index (κ2) is 6.25. The topological polar surface area (TPSA) is 54.0 Å². The molecule has 1 heterocycles. The number of aromatic nitrogens is 1. The number of hydrogen-bond donors (Lipinski definition) is 2. The smallest absolute Gasteiger partial charge is 0.251 e. The van der Waals surface area contributed by atoms with Crippen LogP contribution in [0.15, 0.2) is 12.1 Å². The fourth-order valence-electron chi connectivity index (χ4n) is 2.42. The minimum absolute atomic E-state index is 0.0102. The van der Waals surface area contributed by atoms with Gasteiger partial charge in [0, 0.05) is 23.3 Å². The fourth-order valence-corrected chi connectivity index (χ4v) is 2.42. The number of carbonyl (C=O) groups excluding carboxylic acids is 1. The van der Waals surface area contributed by atoms with Gasteiger partial charge in [0.15, 0.2) is 0 Å². The molecule has 0 radical (unpaired) electrons. The van der Waals surface area contributed by atoms with Crippen molar-refractivity contribution >= 4 is 11.7 Å². The lowest BCUT2D eigenvalue weighted by Gasteiger charge is -2.39. The van der Waals surface area contributed by atoms with E-state index in [4.69, 9.17) is 0 Å². The monoisotopic (exact) mass is 275 g/mol. The van der Waals surface area contributed by atoms with Crippen molar-refractivity contribution in [3.63, 3.8) is 0 Å². The van der Waals surface area contributed by atoms with E-state index in [-0.39, 0.29) is 11.4 Å². The van der Waals surface area contributed by atoms with E-state index >= 15 is 0 Å². The molecule has 2 N–H and O–H groups in total. The summed E-state index contributed by atoms with van der Waals surface area (Å²) in [7, 11) is 0. The van der Waals surface area contributed by atoms with Gasteiger partial charge in [-0.25, -0.2) is 4.98 Å². The first-order valence-corrected chi connectivity index (χ1v) is 7.63. The average Bonchev–Trinajstić information content (AvgIpc) is 2.42. The van der Waals surface area contributed by atoms with E-state index < -0.39 is 0 Å². The van der Waals surface area contributed by atoms with Gasteiger partial charge in [-0.2, -0.15) is 0 Å². The highest BCUT2D eigenvalue weighted by Gasteiger charge is 2.33. The Morgan fingerprint density at radius 1 is 1.35 bits per heavy atom. The largest absolute Gasteiger partial charge is 0.370 e. The van der Waals surface area contributed by atoms with Crippen molar-refractivity contribution < 1.29 is 4.79 Å². The number of amides is 1. The summed E-state index contributed by atoms with van der Waals surface area (Å²) in [5.41, 5.74) is 1.66. The van der Waals surface area contributed by atoms with Crippen molar-refractivity contribution in [2.75, 3.05) is 11.9 Å². The molecule has 0 spiro atoms. The molecule has 1 aromatic heterocycles. The van der Waals surface area contributed by atoms with Crippen molar-refractivity contribution in [2.24, 2.45) is 0 Å². The molecule has 0 atom stereocenters. The van der Waals surface area contributed by atoms with Gasteiger partial charge in [0.25, 0.3) is 5.91 Å². The molecule has 0 aromatic carbocycles. The van der Waals surface area contributed by atoms with Crippen molar-refractivity contribution in [1.82, 2.24) is 10.3 Å². The molecule has 1 aliphatic carbocycles. The van der Waals surface area contributed by atoms with Crippen LogP contribution < -0.4 is 10.6 Å². The number of pyridine rings is 1. The molecule has 1 aliphatic rings. The molecule has 0 saturated heterocycles. The second-order valence-electron chi connectivity index (χ2n) is 5.88. The Kier molecular flexibility index (Phi) is 4.63. The summed E-state index contributed by atoms with van der Waals surface area (Å²) in [6.07, 6.45) is 5.23. The molecule has 20 heavy (non-hydrogen) atoms. The van der Waals surface area contributed by atoms with Gasteiger partial charge in [-0.05, 0) is 51.2 Å². The van der Waals surface area contributed by atoms with Crippen LogP contribution in [0.2, 0.25) is 0 Å². The van der Waals surface area contributed by atoms with Crippen molar-refractivity contribution in [1.29, 1.82) is 0 Å². The molecule has 1 amide bonds. The van der Waals surface area contributed by atoms with E-state index in [2.05, 4.69) is 36.4 Å². The molecular formula is C16H25N3O. The summed E-state index contributed by atoms with van der Waals surface area (Å²) >= 11 is 0. The zero-order valence-corrected chi connectivity index (χ0v) is 12.8. The first-order valence-electron chi connectivity index (χ1n) is 7.63. The Labute approximate surface area is 121 Å². The number of nitrogens with one attached hydrogen (secondary N) is 2. The molecule has 4 heteroatoms. The molecular weight excluding hydrogens is 250 g/mol. The third-order valence-corrected chi connectivity index (χ3v) is 3.93. The zero-order chi connectivity index (χ0) is 14.6. The third kappa shape index (κ3) is 3.50. The minimum Gasteiger partial charge on any atom is -0.370 e. The van der Waals surface area contributed by atoms with E-state index in [1.165, 1.54) is 6.42 Å². The van der Waals surface area contributed by atoms with E-state index in [1.54, 1.807) is 0 Å². The number of anilines is 1. The number of hydrogen-bond acceptors (Lipinski definition) is 3. The molecule has 110 valence electrons. The Bertz CT molecular complexity index is 481. The van der Waals surface area contributed by atoms with Gasteiger partial charge in [0.1, 0.15) is 5.82 Å². The van der Waals surface area contributed by atoms with Crippen LogP contribution in [0.3, 0.4) is 0 Å². The molecule has 0 aliphatic heterocycles. The summed E-state index contributed by atoms with van der Waals surface area (Å²) in [5.74, 6) is 0.818. The highest BCUT2D eigenvalue weighted by molar-refractivity contribution is 5.95. The van der Waals surface area contributed by atoms with Crippen LogP contribution in [-0.4, -0.2) is 23.0 Å². The van der Waals surface area contributed by atoms with Gasteiger partial charge in [-0.1, -0.05) is 13.8 Å². The Hall–Kier alpha value is -1.58. The number of carbonyl (C=O) groups is 1. The Balaban J connectivity index is 2.14. The minimum atomic E-state index is -0.0102. The van der Waals surface area contributed by atoms with Crippen LogP contribution in [0.5, 0.6) is 0 Å². The average molecular weight is 275 g/mol. The maximum Gasteiger partial charge on any atom is 0.251 e. The predicted molar refractivity (Wildman–Crippen MR) is 82.1 cm³/mol. The fraction of sp³-hybridized carbons (Fsp3) is 0.625. The molecule has 0 bridgehead atoms. The molecule has 2 rings (SSSR count). The summed E-state index contributed by atoms with van der Waals surface area (Å²) in [6, 6.07) is 3.75. The van der Waals surface area contributed by atoms with E-state index in [0.29, 0.717) is 5.56 Å². The first kappa shape index (κ1) is 14.8. The maximum atomic E-state index is 12.4. The van der Waals surface area contributed by atoms with Gasteiger partial charge in [0.2, 0.25) is 0 Å². The third-order valence-electron chi connectivity index (χ3n) is 3.93. The Morgan fingerprint density at radius 3 is 2.65 bits per heavy atom. The van der Waals surface area contributed by atoms with Crippen LogP contribution in [0, 0.1) is 0 Å². The first-order chi connectivity index (χ1) is 9.56. The lowest BCUT2D eigenvalue weighted by atomic mass is 9.78. The highest BCUT2D eigenvalue weighted by Crippen LogP contribution is 2.31. The number of aryl methyl sites for hydroxylation is 1. The van der Waals surface area contributed by atoms with Crippen LogP contribution >= 0.6 is 0 Å². The van der Waals surface area contributed by atoms with E-state index in [1.807, 2.05) is 12.1 Å². The molecule has 1 aromatic rings. The van der Waals surface area contributed by atoms with Crippen molar-refractivity contribution in [3.8, 4) is 0 Å². The lowest BCUT2D eigenvalue weighted by Crippen LogP contribution is -2.50. The zero-order valence-electron chi connectivity index (χ0n) is 12.8. The number of rotatable bonds is 6. The molecule has 0 unspecified atom stereocenters.